The van der Waals surface area contributed by atoms with Crippen LogP contribution in [0.3, 0.4) is 0 Å². The molecule has 3 heterocycles. The largest absolute Gasteiger partial charge is 0.490 e. The highest BCUT2D eigenvalue weighted by atomic mass is 16.5. The summed E-state index contributed by atoms with van der Waals surface area (Å²) in [7, 11) is 0. The summed E-state index contributed by atoms with van der Waals surface area (Å²) in [5.41, 5.74) is 2.35. The van der Waals surface area contributed by atoms with Gasteiger partial charge in [-0.1, -0.05) is 18.2 Å². The molecule has 0 bridgehead atoms. The molecule has 0 spiro atoms. The van der Waals surface area contributed by atoms with Crippen LogP contribution in [-0.4, -0.2) is 67.2 Å². The van der Waals surface area contributed by atoms with Crippen molar-refractivity contribution in [2.75, 3.05) is 44.8 Å². The van der Waals surface area contributed by atoms with Gasteiger partial charge in [-0.25, -0.2) is 0 Å². The summed E-state index contributed by atoms with van der Waals surface area (Å²) in [5.74, 6) is 1.07. The lowest BCUT2D eigenvalue weighted by molar-refractivity contribution is -0.134. The Labute approximate surface area is 212 Å². The van der Waals surface area contributed by atoms with Crippen LogP contribution in [0.5, 0.6) is 11.5 Å². The number of amides is 2. The number of nitrogens with zero attached hydrogens (tertiary/aromatic N) is 2. The van der Waals surface area contributed by atoms with Crippen molar-refractivity contribution in [1.29, 1.82) is 0 Å². The van der Waals surface area contributed by atoms with Crippen molar-refractivity contribution >= 4 is 17.5 Å². The van der Waals surface area contributed by atoms with Gasteiger partial charge in [-0.15, -0.1) is 0 Å². The molecule has 8 nitrogen and oxygen atoms in total. The van der Waals surface area contributed by atoms with Crippen LogP contribution in [-0.2, 0) is 9.53 Å². The maximum atomic E-state index is 13.5. The van der Waals surface area contributed by atoms with Gasteiger partial charge in [0.2, 0.25) is 0 Å². The fraction of sp³-hybridized carbons (Fsp3) is 0.500. The van der Waals surface area contributed by atoms with Gasteiger partial charge < -0.3 is 29.3 Å². The zero-order chi connectivity index (χ0) is 24.9. The van der Waals surface area contributed by atoms with E-state index in [-0.39, 0.29) is 30.7 Å². The number of hydrogen-bond donors (Lipinski definition) is 1. The number of benzene rings is 2. The molecule has 2 saturated heterocycles. The molecule has 192 valence electrons. The maximum Gasteiger partial charge on any atom is 0.260 e. The second kappa shape index (κ2) is 11.2. The molecular formula is C28H35N3O5. The minimum atomic E-state index is -0.375. The van der Waals surface area contributed by atoms with E-state index in [1.54, 1.807) is 0 Å². The lowest BCUT2D eigenvalue weighted by Crippen LogP contribution is -2.46. The Balaban J connectivity index is 1.38. The minimum absolute atomic E-state index is 0.000106. The number of anilines is 1. The fourth-order valence-electron chi connectivity index (χ4n) is 5.21. The lowest BCUT2D eigenvalue weighted by atomic mass is 10.0. The third-order valence-electron chi connectivity index (χ3n) is 7.09. The number of fused-ring (bicyclic) bond motifs is 1. The zero-order valence-electron chi connectivity index (χ0n) is 20.9. The molecule has 2 fully saturated rings. The molecule has 36 heavy (non-hydrogen) atoms. The van der Waals surface area contributed by atoms with Crippen molar-refractivity contribution < 1.29 is 23.8 Å². The Kier molecular flexibility index (Phi) is 7.60. The average molecular weight is 494 g/mol. The van der Waals surface area contributed by atoms with E-state index in [1.165, 1.54) is 6.42 Å². The van der Waals surface area contributed by atoms with Crippen LogP contribution in [0.25, 0.3) is 0 Å². The number of carbonyl (C=O) groups is 2. The lowest BCUT2D eigenvalue weighted by Gasteiger charge is -2.39. The molecule has 2 aromatic carbocycles. The third-order valence-corrected chi connectivity index (χ3v) is 7.09. The van der Waals surface area contributed by atoms with Crippen LogP contribution in [0, 0.1) is 0 Å². The van der Waals surface area contributed by atoms with Crippen molar-refractivity contribution in [3.8, 4) is 11.5 Å². The summed E-state index contributed by atoms with van der Waals surface area (Å²) < 4.78 is 17.7. The normalized spacial score (nSPS) is 21.6. The average Bonchev–Trinajstić information content (AvgIpc) is 3.43. The van der Waals surface area contributed by atoms with Crippen molar-refractivity contribution in [2.24, 2.45) is 0 Å². The van der Waals surface area contributed by atoms with E-state index in [9.17, 15) is 9.59 Å². The topological polar surface area (TPSA) is 80.3 Å². The van der Waals surface area contributed by atoms with Crippen LogP contribution in [0.4, 0.5) is 5.69 Å². The predicted octanol–water partition coefficient (Wildman–Crippen LogP) is 4.22. The molecule has 0 aliphatic carbocycles. The molecule has 5 rings (SSSR count). The van der Waals surface area contributed by atoms with Gasteiger partial charge in [-0.2, -0.15) is 0 Å². The highest BCUT2D eigenvalue weighted by molar-refractivity contribution is 6.01. The zero-order valence-corrected chi connectivity index (χ0v) is 20.9. The number of rotatable bonds is 8. The Hall–Kier alpha value is -3.26. The van der Waals surface area contributed by atoms with Crippen molar-refractivity contribution in [3.05, 3.63) is 53.6 Å². The summed E-state index contributed by atoms with van der Waals surface area (Å²) in [5, 5.41) is 3.54. The van der Waals surface area contributed by atoms with Crippen LogP contribution in [0.1, 0.15) is 61.1 Å². The van der Waals surface area contributed by atoms with E-state index in [1.807, 2.05) is 59.2 Å². The molecule has 1 N–H and O–H groups in total. The smallest absolute Gasteiger partial charge is 0.260 e. The van der Waals surface area contributed by atoms with Gasteiger partial charge in [-0.05, 0) is 68.9 Å². The molecule has 2 atom stereocenters. The monoisotopic (exact) mass is 493 g/mol. The van der Waals surface area contributed by atoms with E-state index >= 15 is 0 Å². The van der Waals surface area contributed by atoms with Crippen molar-refractivity contribution in [3.63, 3.8) is 0 Å². The summed E-state index contributed by atoms with van der Waals surface area (Å²) >= 11 is 0. The molecule has 3 aliphatic heterocycles. The number of ether oxygens (including phenoxy) is 3. The van der Waals surface area contributed by atoms with Crippen LogP contribution >= 0.6 is 0 Å². The molecule has 3 aliphatic rings. The van der Waals surface area contributed by atoms with E-state index in [2.05, 4.69) is 5.32 Å². The molecule has 8 heteroatoms. The first kappa shape index (κ1) is 24.4. The second-order valence-electron chi connectivity index (χ2n) is 9.55. The van der Waals surface area contributed by atoms with E-state index in [4.69, 9.17) is 14.2 Å². The number of nitrogens with one attached hydrogen (secondary N) is 1. The number of likely N-dealkylation sites (tertiary alicyclic amines) is 1. The molecular weight excluding hydrogens is 458 g/mol. The first-order valence-corrected chi connectivity index (χ1v) is 13.1. The van der Waals surface area contributed by atoms with Gasteiger partial charge in [0.15, 0.2) is 18.1 Å². The van der Waals surface area contributed by atoms with Crippen LogP contribution < -0.4 is 14.8 Å². The summed E-state index contributed by atoms with van der Waals surface area (Å²) in [6, 6.07) is 13.3. The van der Waals surface area contributed by atoms with Gasteiger partial charge in [0, 0.05) is 31.9 Å². The van der Waals surface area contributed by atoms with Crippen LogP contribution in [0.2, 0.25) is 0 Å². The molecule has 0 aromatic heterocycles. The number of piperidine rings is 1. The van der Waals surface area contributed by atoms with Gasteiger partial charge >= 0.3 is 0 Å². The molecule has 2 amide bonds. The van der Waals surface area contributed by atoms with Gasteiger partial charge in [0.25, 0.3) is 11.8 Å². The van der Waals surface area contributed by atoms with E-state index in [0.29, 0.717) is 30.2 Å². The van der Waals surface area contributed by atoms with E-state index in [0.717, 1.165) is 56.6 Å². The molecule has 0 saturated carbocycles. The summed E-state index contributed by atoms with van der Waals surface area (Å²) in [6.07, 6.45) is 4.87. The second-order valence-corrected chi connectivity index (χ2v) is 9.55. The Morgan fingerprint density at radius 2 is 1.89 bits per heavy atom. The highest BCUT2D eigenvalue weighted by Crippen LogP contribution is 2.37. The molecule has 2 aromatic rings. The molecule has 0 radical (unpaired) electrons. The Morgan fingerprint density at radius 1 is 1.06 bits per heavy atom. The Bertz CT molecular complexity index is 1080. The first-order chi connectivity index (χ1) is 17.6. The van der Waals surface area contributed by atoms with E-state index < -0.39 is 0 Å². The van der Waals surface area contributed by atoms with Crippen molar-refractivity contribution in [1.82, 2.24) is 9.80 Å². The van der Waals surface area contributed by atoms with Gasteiger partial charge in [-0.3, -0.25) is 9.59 Å². The minimum Gasteiger partial charge on any atom is -0.490 e. The number of para-hydroxylation sites is 1. The van der Waals surface area contributed by atoms with Gasteiger partial charge in [0.1, 0.15) is 6.17 Å². The quantitative estimate of drug-likeness (QED) is 0.593. The van der Waals surface area contributed by atoms with Gasteiger partial charge in [0.05, 0.1) is 18.3 Å². The SMILES string of the molecule is CCOc1cc([C@@H]2Nc3ccccc3C(=O)N2C[C@H]2CCCO2)ccc1OCC(=O)N1CCCCC1. The summed E-state index contributed by atoms with van der Waals surface area (Å²) in [4.78, 5) is 29.9. The highest BCUT2D eigenvalue weighted by Gasteiger charge is 2.35. The number of hydrogen-bond acceptors (Lipinski definition) is 6. The molecule has 0 unspecified atom stereocenters. The standard InChI is InChI=1S/C28H35N3O5/c1-2-34-25-17-20(12-13-24(25)36-19-26(32)30-14-6-3-7-15-30)27-29-23-11-5-4-10-22(23)28(33)31(27)18-21-9-8-16-35-21/h4-5,10-13,17,21,27,29H,2-3,6-9,14-16,18-19H2,1H3/t21-,27-/m1/s1. The fourth-order valence-corrected chi connectivity index (χ4v) is 5.21. The number of carbonyl (C=O) groups excluding carboxylic acids is 2. The van der Waals surface area contributed by atoms with Crippen molar-refractivity contribution in [2.45, 2.75) is 51.3 Å². The third kappa shape index (κ3) is 5.28. The Morgan fingerprint density at radius 3 is 2.67 bits per heavy atom. The maximum absolute atomic E-state index is 13.5. The first-order valence-electron chi connectivity index (χ1n) is 13.1. The predicted molar refractivity (Wildman–Crippen MR) is 136 cm³/mol. The van der Waals surface area contributed by atoms with Crippen LogP contribution in [0.15, 0.2) is 42.5 Å². The summed E-state index contributed by atoms with van der Waals surface area (Å²) in [6.45, 7) is 5.19.